The fraction of sp³-hybridized carbons (Fsp3) is 0.167. The van der Waals surface area contributed by atoms with Gasteiger partial charge in [-0.3, -0.25) is 0 Å². The number of tetrazole rings is 1. The average molecular weight is 275 g/mol. The number of nitrogens with one attached hydrogen (secondary N) is 1. The molecule has 7 heteroatoms. The van der Waals surface area contributed by atoms with Crippen LogP contribution in [0.5, 0.6) is 0 Å². The van der Waals surface area contributed by atoms with Crippen molar-refractivity contribution in [3.05, 3.63) is 47.5 Å². The average Bonchev–Trinajstić information content (AvgIpc) is 2.93. The lowest BCUT2D eigenvalue weighted by Gasteiger charge is -2.06. The molecule has 0 saturated carbocycles. The maximum absolute atomic E-state index is 5.81. The molecule has 0 aliphatic carbocycles. The van der Waals surface area contributed by atoms with Crippen LogP contribution in [-0.2, 0) is 12.4 Å². The van der Waals surface area contributed by atoms with Gasteiger partial charge < -0.3 is 5.32 Å². The second-order valence-electron chi connectivity index (χ2n) is 4.05. The highest BCUT2D eigenvalue weighted by Crippen LogP contribution is 2.10. The van der Waals surface area contributed by atoms with E-state index >= 15 is 0 Å². The van der Waals surface area contributed by atoms with Crippen molar-refractivity contribution in [3.63, 3.8) is 0 Å². The van der Waals surface area contributed by atoms with E-state index in [-0.39, 0.29) is 0 Å². The van der Waals surface area contributed by atoms with E-state index in [1.807, 2.05) is 30.3 Å². The Hall–Kier alpha value is -2.21. The molecule has 0 atom stereocenters. The quantitative estimate of drug-likeness (QED) is 0.736. The molecule has 6 nitrogen and oxygen atoms in total. The summed E-state index contributed by atoms with van der Waals surface area (Å²) in [6.07, 6.45) is 0. The van der Waals surface area contributed by atoms with Gasteiger partial charge in [0.2, 0.25) is 0 Å². The first-order valence-electron chi connectivity index (χ1n) is 5.78. The number of hydrogen-bond donors (Lipinski definition) is 1. The molecule has 0 bridgehead atoms. The van der Waals surface area contributed by atoms with Crippen LogP contribution in [0, 0.1) is 0 Å². The molecule has 0 saturated heterocycles. The molecule has 1 N–H and O–H groups in total. The third kappa shape index (κ3) is 2.63. The second-order valence-corrected chi connectivity index (χ2v) is 4.32. The van der Waals surface area contributed by atoms with Crippen LogP contribution >= 0.6 is 11.6 Å². The van der Waals surface area contributed by atoms with Gasteiger partial charge >= 0.3 is 0 Å². The Morgan fingerprint density at radius 2 is 2.05 bits per heavy atom. The minimum absolute atomic E-state index is 0.517. The maximum atomic E-state index is 5.81. The minimum atomic E-state index is 0.517. The van der Waals surface area contributed by atoms with Crippen molar-refractivity contribution in [2.75, 3.05) is 5.32 Å². The highest BCUT2D eigenvalue weighted by atomic mass is 35.5. The monoisotopic (exact) mass is 274 g/mol. The molecule has 0 amide bonds. The zero-order valence-electron chi connectivity index (χ0n) is 9.99. The summed E-state index contributed by atoms with van der Waals surface area (Å²) in [6, 6.07) is 11.8. The zero-order chi connectivity index (χ0) is 13.1. The molecule has 0 aliphatic heterocycles. The first-order valence-corrected chi connectivity index (χ1v) is 6.32. The van der Waals surface area contributed by atoms with E-state index in [1.165, 1.54) is 4.63 Å². The number of rotatable bonds is 4. The van der Waals surface area contributed by atoms with Crippen LogP contribution in [0.2, 0.25) is 0 Å². The van der Waals surface area contributed by atoms with Gasteiger partial charge in [-0.15, -0.1) is 26.4 Å². The van der Waals surface area contributed by atoms with Gasteiger partial charge in [-0.05, 0) is 33.7 Å². The number of aromatic nitrogens is 5. The number of nitrogens with zero attached hydrogens (tertiary/aromatic N) is 5. The molecule has 96 valence electrons. The lowest BCUT2D eigenvalue weighted by atomic mass is 10.1. The predicted octanol–water partition coefficient (Wildman–Crippen LogP) is 1.87. The van der Waals surface area contributed by atoms with E-state index in [0.29, 0.717) is 18.1 Å². The molecule has 2 heterocycles. The molecule has 0 unspecified atom stereocenters. The number of fused-ring (bicyclic) bond motifs is 1. The summed E-state index contributed by atoms with van der Waals surface area (Å²) in [5, 5.41) is 18.5. The van der Waals surface area contributed by atoms with Crippen molar-refractivity contribution in [1.82, 2.24) is 25.3 Å². The molecule has 3 rings (SSSR count). The van der Waals surface area contributed by atoms with Crippen LogP contribution in [-0.4, -0.2) is 25.3 Å². The molecule has 1 aromatic carbocycles. The van der Waals surface area contributed by atoms with E-state index in [1.54, 1.807) is 0 Å². The standard InChI is InChI=1S/C12H11ClN6/c13-7-9-2-1-3-10(6-9)8-14-11-4-5-12-15-17-18-19(12)16-11/h1-6H,7-8H2,(H,14,16). The van der Waals surface area contributed by atoms with E-state index < -0.39 is 0 Å². The SMILES string of the molecule is ClCc1cccc(CNc2ccc3nnnn3n2)c1. The summed E-state index contributed by atoms with van der Waals surface area (Å²) in [5.74, 6) is 1.24. The lowest BCUT2D eigenvalue weighted by molar-refractivity contribution is 0.734. The largest absolute Gasteiger partial charge is 0.365 e. The Morgan fingerprint density at radius 3 is 2.95 bits per heavy atom. The summed E-state index contributed by atoms with van der Waals surface area (Å²) in [5.41, 5.74) is 2.87. The number of alkyl halides is 1. The van der Waals surface area contributed by atoms with E-state index in [2.05, 4.69) is 32.0 Å². The molecule has 0 fully saturated rings. The van der Waals surface area contributed by atoms with Crippen LogP contribution in [0.4, 0.5) is 5.82 Å². The van der Waals surface area contributed by atoms with E-state index in [0.717, 1.165) is 16.9 Å². The predicted molar refractivity (Wildman–Crippen MR) is 71.9 cm³/mol. The normalized spacial score (nSPS) is 10.8. The highest BCUT2D eigenvalue weighted by Gasteiger charge is 2.01. The van der Waals surface area contributed by atoms with Crippen molar-refractivity contribution in [3.8, 4) is 0 Å². The molecule has 3 aromatic rings. The van der Waals surface area contributed by atoms with Gasteiger partial charge in [-0.1, -0.05) is 24.3 Å². The number of anilines is 1. The van der Waals surface area contributed by atoms with Crippen LogP contribution < -0.4 is 5.32 Å². The number of hydrogen-bond acceptors (Lipinski definition) is 5. The Kier molecular flexibility index (Phi) is 3.24. The lowest BCUT2D eigenvalue weighted by Crippen LogP contribution is -2.05. The summed E-state index contributed by atoms with van der Waals surface area (Å²) in [7, 11) is 0. The molecular weight excluding hydrogens is 264 g/mol. The summed E-state index contributed by atoms with van der Waals surface area (Å²) < 4.78 is 1.39. The summed E-state index contributed by atoms with van der Waals surface area (Å²) in [4.78, 5) is 0. The van der Waals surface area contributed by atoms with E-state index in [4.69, 9.17) is 11.6 Å². The zero-order valence-corrected chi connectivity index (χ0v) is 10.7. The van der Waals surface area contributed by atoms with Crippen LogP contribution in [0.1, 0.15) is 11.1 Å². The first kappa shape index (κ1) is 11.9. The van der Waals surface area contributed by atoms with Crippen molar-refractivity contribution in [2.45, 2.75) is 12.4 Å². The van der Waals surface area contributed by atoms with Crippen LogP contribution in [0.25, 0.3) is 5.65 Å². The molecule has 0 radical (unpaired) electrons. The molecule has 0 aliphatic rings. The number of benzene rings is 1. The number of halogens is 1. The maximum Gasteiger partial charge on any atom is 0.200 e. The molecule has 2 aromatic heterocycles. The highest BCUT2D eigenvalue weighted by molar-refractivity contribution is 6.17. The smallest absolute Gasteiger partial charge is 0.200 e. The third-order valence-electron chi connectivity index (χ3n) is 2.69. The Labute approximate surface area is 114 Å². The van der Waals surface area contributed by atoms with Gasteiger partial charge in [0, 0.05) is 12.4 Å². The van der Waals surface area contributed by atoms with Crippen LogP contribution in [0.3, 0.4) is 0 Å². The summed E-state index contributed by atoms with van der Waals surface area (Å²) in [6.45, 7) is 0.672. The van der Waals surface area contributed by atoms with Crippen molar-refractivity contribution in [1.29, 1.82) is 0 Å². The molecule has 0 spiro atoms. The minimum Gasteiger partial charge on any atom is -0.365 e. The van der Waals surface area contributed by atoms with Crippen molar-refractivity contribution in [2.24, 2.45) is 0 Å². The van der Waals surface area contributed by atoms with Crippen LogP contribution in [0.15, 0.2) is 36.4 Å². The first-order chi connectivity index (χ1) is 9.35. The van der Waals surface area contributed by atoms with Gasteiger partial charge in [0.25, 0.3) is 0 Å². The molecular formula is C12H11ClN6. The van der Waals surface area contributed by atoms with Gasteiger partial charge in [-0.25, -0.2) is 0 Å². The molecule has 19 heavy (non-hydrogen) atoms. The Balaban J connectivity index is 1.74. The Morgan fingerprint density at radius 1 is 1.16 bits per heavy atom. The Bertz CT molecular complexity index is 695. The third-order valence-corrected chi connectivity index (χ3v) is 3.00. The van der Waals surface area contributed by atoms with E-state index in [9.17, 15) is 0 Å². The fourth-order valence-corrected chi connectivity index (χ4v) is 1.93. The van der Waals surface area contributed by atoms with Gasteiger partial charge in [0.15, 0.2) is 5.65 Å². The fourth-order valence-electron chi connectivity index (χ4n) is 1.76. The topological polar surface area (TPSA) is 68.0 Å². The van der Waals surface area contributed by atoms with Gasteiger partial charge in [0.1, 0.15) is 5.82 Å². The summed E-state index contributed by atoms with van der Waals surface area (Å²) >= 11 is 5.81. The van der Waals surface area contributed by atoms with Gasteiger partial charge in [0.05, 0.1) is 0 Å². The van der Waals surface area contributed by atoms with Crippen molar-refractivity contribution >= 4 is 23.1 Å². The van der Waals surface area contributed by atoms with Crippen molar-refractivity contribution < 1.29 is 0 Å². The second kappa shape index (κ2) is 5.19. The van der Waals surface area contributed by atoms with Gasteiger partial charge in [-0.2, -0.15) is 0 Å².